The molecule has 0 atom stereocenters. The summed E-state index contributed by atoms with van der Waals surface area (Å²) in [6.07, 6.45) is 1.30. The number of hydrogen-bond acceptors (Lipinski definition) is 9. The lowest BCUT2D eigenvalue weighted by Gasteiger charge is -2.11. The standard InChI is InChI=1S/C22H19N7O4S/c1-14-24-19(12-34-14)15-5-4-6-16(9-15)25-21(31)11-33-22(32)17-7-2-3-8-18(17)26-20(30)10-29-13-23-27-28-29/h2-9,12-13H,10-11H2,1H3,(H,25,31)(H,26,30). The molecule has 0 aliphatic rings. The number of rotatable bonds is 8. The monoisotopic (exact) mass is 477 g/mol. The van der Waals surface area contributed by atoms with Gasteiger partial charge in [0.15, 0.2) is 6.61 Å². The number of aromatic nitrogens is 5. The molecule has 2 aromatic carbocycles. The van der Waals surface area contributed by atoms with Gasteiger partial charge in [-0.15, -0.1) is 16.4 Å². The maximum atomic E-state index is 12.6. The van der Waals surface area contributed by atoms with Gasteiger partial charge in [-0.25, -0.2) is 14.5 Å². The molecule has 2 amide bonds. The second-order valence-corrected chi connectivity index (χ2v) is 8.12. The van der Waals surface area contributed by atoms with Gasteiger partial charge in [0.2, 0.25) is 5.91 Å². The number of thiazole rings is 1. The predicted molar refractivity (Wildman–Crippen MR) is 124 cm³/mol. The van der Waals surface area contributed by atoms with Crippen LogP contribution in [0.3, 0.4) is 0 Å². The second-order valence-electron chi connectivity index (χ2n) is 7.06. The van der Waals surface area contributed by atoms with Crippen LogP contribution in [0.5, 0.6) is 0 Å². The van der Waals surface area contributed by atoms with E-state index in [1.807, 2.05) is 18.4 Å². The molecule has 0 unspecified atom stereocenters. The number of tetrazole rings is 1. The number of nitrogens with one attached hydrogen (secondary N) is 2. The van der Waals surface area contributed by atoms with E-state index in [-0.39, 0.29) is 17.8 Å². The average molecular weight is 478 g/mol. The van der Waals surface area contributed by atoms with Crippen molar-refractivity contribution in [2.45, 2.75) is 13.5 Å². The Morgan fingerprint density at radius 3 is 2.68 bits per heavy atom. The molecule has 0 aliphatic heterocycles. The molecule has 0 saturated carbocycles. The number of amides is 2. The first kappa shape index (κ1) is 22.7. The highest BCUT2D eigenvalue weighted by molar-refractivity contribution is 7.09. The molecular formula is C22H19N7O4S. The number of carbonyl (C=O) groups excluding carboxylic acids is 3. The van der Waals surface area contributed by atoms with Crippen molar-refractivity contribution in [3.63, 3.8) is 0 Å². The number of anilines is 2. The van der Waals surface area contributed by atoms with E-state index >= 15 is 0 Å². The lowest BCUT2D eigenvalue weighted by molar-refractivity contribution is -0.119. The summed E-state index contributed by atoms with van der Waals surface area (Å²) in [6.45, 7) is 1.30. The third-order valence-electron chi connectivity index (χ3n) is 4.51. The van der Waals surface area contributed by atoms with E-state index in [4.69, 9.17) is 4.74 Å². The molecule has 11 nitrogen and oxygen atoms in total. The van der Waals surface area contributed by atoms with Crippen LogP contribution in [0.1, 0.15) is 15.4 Å². The summed E-state index contributed by atoms with van der Waals surface area (Å²) >= 11 is 1.54. The fourth-order valence-electron chi connectivity index (χ4n) is 3.02. The first-order valence-electron chi connectivity index (χ1n) is 10.1. The topological polar surface area (TPSA) is 141 Å². The Bertz CT molecular complexity index is 1320. The van der Waals surface area contributed by atoms with Crippen LogP contribution >= 0.6 is 11.3 Å². The van der Waals surface area contributed by atoms with Gasteiger partial charge in [0.25, 0.3) is 5.91 Å². The summed E-state index contributed by atoms with van der Waals surface area (Å²) in [5.74, 6) is -1.68. The molecule has 2 N–H and O–H groups in total. The van der Waals surface area contributed by atoms with E-state index in [1.165, 1.54) is 17.1 Å². The number of ether oxygens (including phenoxy) is 1. The summed E-state index contributed by atoms with van der Waals surface area (Å²) in [4.78, 5) is 41.6. The van der Waals surface area contributed by atoms with Crippen molar-refractivity contribution in [1.82, 2.24) is 25.2 Å². The normalized spacial score (nSPS) is 10.5. The molecule has 0 bridgehead atoms. The first-order valence-corrected chi connectivity index (χ1v) is 10.9. The third-order valence-corrected chi connectivity index (χ3v) is 5.29. The number of esters is 1. The largest absolute Gasteiger partial charge is 0.452 e. The molecule has 0 fully saturated rings. The van der Waals surface area contributed by atoms with Crippen LogP contribution < -0.4 is 10.6 Å². The van der Waals surface area contributed by atoms with Crippen molar-refractivity contribution in [3.8, 4) is 11.3 Å². The van der Waals surface area contributed by atoms with Crippen molar-refractivity contribution < 1.29 is 19.1 Å². The number of nitrogens with zero attached hydrogens (tertiary/aromatic N) is 5. The molecular weight excluding hydrogens is 458 g/mol. The average Bonchev–Trinajstić information content (AvgIpc) is 3.50. The lowest BCUT2D eigenvalue weighted by Crippen LogP contribution is -2.23. The van der Waals surface area contributed by atoms with Crippen LogP contribution in [0.4, 0.5) is 11.4 Å². The zero-order valence-electron chi connectivity index (χ0n) is 18.0. The summed E-state index contributed by atoms with van der Waals surface area (Å²) in [5.41, 5.74) is 2.60. The van der Waals surface area contributed by atoms with E-state index < -0.39 is 24.4 Å². The number of hydrogen-bond donors (Lipinski definition) is 2. The van der Waals surface area contributed by atoms with Gasteiger partial charge in [-0.2, -0.15) is 0 Å². The van der Waals surface area contributed by atoms with Crippen LogP contribution in [-0.2, 0) is 20.9 Å². The van der Waals surface area contributed by atoms with Crippen molar-refractivity contribution in [2.24, 2.45) is 0 Å². The second kappa shape index (κ2) is 10.4. The highest BCUT2D eigenvalue weighted by atomic mass is 32.1. The number of aryl methyl sites for hydroxylation is 1. The molecule has 0 radical (unpaired) electrons. The molecule has 0 saturated heterocycles. The highest BCUT2D eigenvalue weighted by Crippen LogP contribution is 2.24. The smallest absolute Gasteiger partial charge is 0.340 e. The van der Waals surface area contributed by atoms with Crippen LogP contribution in [0.15, 0.2) is 60.2 Å². The van der Waals surface area contributed by atoms with Crippen LogP contribution in [0.2, 0.25) is 0 Å². The molecule has 2 aromatic heterocycles. The molecule has 2 heterocycles. The van der Waals surface area contributed by atoms with Crippen LogP contribution in [-0.4, -0.2) is 49.6 Å². The van der Waals surface area contributed by atoms with E-state index in [0.717, 1.165) is 16.3 Å². The molecule has 0 spiro atoms. The van der Waals surface area contributed by atoms with Crippen molar-refractivity contribution in [3.05, 3.63) is 70.8 Å². The SMILES string of the molecule is Cc1nc(-c2cccc(NC(=O)COC(=O)c3ccccc3NC(=O)Cn3cnnn3)c2)cs1. The van der Waals surface area contributed by atoms with Gasteiger partial charge in [0.05, 0.1) is 22.0 Å². The summed E-state index contributed by atoms with van der Waals surface area (Å²) in [5, 5.41) is 18.7. The summed E-state index contributed by atoms with van der Waals surface area (Å²) in [6, 6.07) is 13.6. The van der Waals surface area contributed by atoms with Gasteiger partial charge in [-0.3, -0.25) is 9.59 Å². The number of para-hydroxylation sites is 1. The first-order chi connectivity index (χ1) is 16.5. The van der Waals surface area contributed by atoms with Crippen molar-refractivity contribution in [1.29, 1.82) is 0 Å². The molecule has 0 aliphatic carbocycles. The zero-order valence-corrected chi connectivity index (χ0v) is 18.8. The van der Waals surface area contributed by atoms with E-state index in [9.17, 15) is 14.4 Å². The van der Waals surface area contributed by atoms with Gasteiger partial charge in [0.1, 0.15) is 12.9 Å². The minimum absolute atomic E-state index is 0.112. The zero-order chi connectivity index (χ0) is 23.9. The maximum Gasteiger partial charge on any atom is 0.340 e. The number of carbonyl (C=O) groups is 3. The fraction of sp³-hybridized carbons (Fsp3) is 0.136. The quantitative estimate of drug-likeness (QED) is 0.369. The van der Waals surface area contributed by atoms with E-state index in [0.29, 0.717) is 5.69 Å². The summed E-state index contributed by atoms with van der Waals surface area (Å²) in [7, 11) is 0. The van der Waals surface area contributed by atoms with Crippen LogP contribution in [0, 0.1) is 6.92 Å². The molecule has 4 rings (SSSR count). The molecule has 12 heteroatoms. The Balaban J connectivity index is 1.34. The van der Waals surface area contributed by atoms with Gasteiger partial charge >= 0.3 is 5.97 Å². The Hall–Kier alpha value is -4.45. The van der Waals surface area contributed by atoms with Gasteiger partial charge in [0, 0.05) is 16.6 Å². The lowest BCUT2D eigenvalue weighted by atomic mass is 10.1. The molecule has 172 valence electrons. The van der Waals surface area contributed by atoms with E-state index in [1.54, 1.807) is 47.7 Å². The fourth-order valence-corrected chi connectivity index (χ4v) is 3.64. The number of benzene rings is 2. The minimum atomic E-state index is -0.750. The summed E-state index contributed by atoms with van der Waals surface area (Å²) < 4.78 is 6.40. The van der Waals surface area contributed by atoms with Crippen LogP contribution in [0.25, 0.3) is 11.3 Å². The van der Waals surface area contributed by atoms with Crippen molar-refractivity contribution in [2.75, 3.05) is 17.2 Å². The highest BCUT2D eigenvalue weighted by Gasteiger charge is 2.16. The van der Waals surface area contributed by atoms with E-state index in [2.05, 4.69) is 31.1 Å². The Morgan fingerprint density at radius 2 is 1.91 bits per heavy atom. The van der Waals surface area contributed by atoms with Gasteiger partial charge < -0.3 is 15.4 Å². The van der Waals surface area contributed by atoms with Crippen molar-refractivity contribution >= 4 is 40.5 Å². The maximum absolute atomic E-state index is 12.6. The minimum Gasteiger partial charge on any atom is -0.452 e. The Kier molecular flexibility index (Phi) is 6.98. The van der Waals surface area contributed by atoms with Gasteiger partial charge in [-0.1, -0.05) is 24.3 Å². The Morgan fingerprint density at radius 1 is 1.06 bits per heavy atom. The molecule has 4 aromatic rings. The van der Waals surface area contributed by atoms with Gasteiger partial charge in [-0.05, 0) is 41.6 Å². The third kappa shape index (κ3) is 5.86. The molecule has 34 heavy (non-hydrogen) atoms. The predicted octanol–water partition coefficient (Wildman–Crippen LogP) is 2.54. The Labute approximate surface area is 197 Å².